The highest BCUT2D eigenvalue weighted by atomic mass is 35.5. The van der Waals surface area contributed by atoms with Gasteiger partial charge in [-0.2, -0.15) is 9.98 Å². The van der Waals surface area contributed by atoms with Crippen LogP contribution >= 0.6 is 23.2 Å². The Morgan fingerprint density at radius 3 is 1.57 bits per heavy atom. The molecule has 0 saturated heterocycles. The molecule has 2 aromatic carbocycles. The summed E-state index contributed by atoms with van der Waals surface area (Å²) in [4.78, 5) is 29.2. The quantitative estimate of drug-likeness (QED) is 0.634. The van der Waals surface area contributed by atoms with E-state index in [0.717, 1.165) is 0 Å². The van der Waals surface area contributed by atoms with Crippen LogP contribution in [0.4, 0.5) is 0 Å². The van der Waals surface area contributed by atoms with Crippen LogP contribution in [0.25, 0.3) is 0 Å². The van der Waals surface area contributed by atoms with Gasteiger partial charge in [0.15, 0.2) is 0 Å². The molecular weight excluding hydrogens is 311 g/mol. The molecule has 0 saturated carbocycles. The Hall–Kier alpha value is -2.22. The maximum Gasteiger partial charge on any atom is 0.238 e. The van der Waals surface area contributed by atoms with Crippen LogP contribution in [0.2, 0.25) is 10.0 Å². The van der Waals surface area contributed by atoms with E-state index < -0.39 is 5.66 Å². The van der Waals surface area contributed by atoms with Gasteiger partial charge >= 0.3 is 0 Å². The van der Waals surface area contributed by atoms with E-state index in [4.69, 9.17) is 23.2 Å². The van der Waals surface area contributed by atoms with Gasteiger partial charge in [-0.05, 0) is 24.3 Å². The van der Waals surface area contributed by atoms with Crippen molar-refractivity contribution in [3.8, 4) is 0 Å². The van der Waals surface area contributed by atoms with Gasteiger partial charge in [-0.25, -0.2) is 9.59 Å². The maximum atomic E-state index is 10.9. The highest BCUT2D eigenvalue weighted by Crippen LogP contribution is 2.36. The van der Waals surface area contributed by atoms with Crippen molar-refractivity contribution in [3.05, 3.63) is 69.7 Å². The Morgan fingerprint density at radius 1 is 0.810 bits per heavy atom. The van der Waals surface area contributed by atoms with Gasteiger partial charge < -0.3 is 0 Å². The van der Waals surface area contributed by atoms with Gasteiger partial charge in [-0.3, -0.25) is 0 Å². The zero-order chi connectivity index (χ0) is 15.3. The van der Waals surface area contributed by atoms with Crippen molar-refractivity contribution in [2.24, 2.45) is 9.98 Å². The van der Waals surface area contributed by atoms with Crippen molar-refractivity contribution < 1.29 is 9.59 Å². The summed E-state index contributed by atoms with van der Waals surface area (Å²) in [7, 11) is 0. The van der Waals surface area contributed by atoms with E-state index in [2.05, 4.69) is 9.98 Å². The predicted molar refractivity (Wildman–Crippen MR) is 79.9 cm³/mol. The molecule has 0 fully saturated rings. The van der Waals surface area contributed by atoms with E-state index >= 15 is 0 Å². The number of aliphatic imine (C=N–C) groups is 2. The summed E-state index contributed by atoms with van der Waals surface area (Å²) in [6.07, 6.45) is 2.89. The molecule has 0 atom stereocenters. The summed E-state index contributed by atoms with van der Waals surface area (Å²) in [5.41, 5.74) is -0.729. The molecule has 0 bridgehead atoms. The van der Waals surface area contributed by atoms with E-state index in [1.54, 1.807) is 48.5 Å². The third-order valence-electron chi connectivity index (χ3n) is 2.87. The van der Waals surface area contributed by atoms with Crippen LogP contribution in [0.15, 0.2) is 58.5 Å². The first-order chi connectivity index (χ1) is 10.1. The van der Waals surface area contributed by atoms with E-state index in [0.29, 0.717) is 21.2 Å². The molecule has 0 aliphatic carbocycles. The summed E-state index contributed by atoms with van der Waals surface area (Å²) < 4.78 is 0. The SMILES string of the molecule is O=C=NC(N=C=O)(c1cccc(Cl)c1)c1cccc(Cl)c1. The molecule has 0 amide bonds. The smallest absolute Gasteiger partial charge is 0.211 e. The van der Waals surface area contributed by atoms with Crippen molar-refractivity contribution in [2.45, 2.75) is 5.66 Å². The number of halogens is 2. The molecule has 0 aliphatic heterocycles. The van der Waals surface area contributed by atoms with Gasteiger partial charge in [0, 0.05) is 21.2 Å². The molecule has 2 rings (SSSR count). The molecule has 21 heavy (non-hydrogen) atoms. The minimum Gasteiger partial charge on any atom is -0.211 e. The fourth-order valence-corrected chi connectivity index (χ4v) is 2.37. The Balaban J connectivity index is 2.81. The zero-order valence-corrected chi connectivity index (χ0v) is 12.1. The topological polar surface area (TPSA) is 58.9 Å². The summed E-state index contributed by atoms with van der Waals surface area (Å²) in [6, 6.07) is 13.1. The molecule has 0 spiro atoms. The van der Waals surface area contributed by atoms with Gasteiger partial charge in [0.2, 0.25) is 17.8 Å². The predicted octanol–water partition coefficient (Wildman–Crippen LogP) is 3.87. The zero-order valence-electron chi connectivity index (χ0n) is 10.6. The van der Waals surface area contributed by atoms with E-state index in [1.807, 2.05) is 0 Å². The maximum absolute atomic E-state index is 10.9. The molecule has 0 heterocycles. The lowest BCUT2D eigenvalue weighted by Gasteiger charge is -2.23. The van der Waals surface area contributed by atoms with Crippen LogP contribution in [-0.2, 0) is 15.3 Å². The number of nitrogens with zero attached hydrogens (tertiary/aromatic N) is 2. The monoisotopic (exact) mass is 318 g/mol. The van der Waals surface area contributed by atoms with E-state index in [-0.39, 0.29) is 0 Å². The second-order valence-electron chi connectivity index (χ2n) is 4.10. The third-order valence-corrected chi connectivity index (χ3v) is 3.34. The van der Waals surface area contributed by atoms with Gasteiger partial charge in [-0.15, -0.1) is 0 Å². The van der Waals surface area contributed by atoms with Crippen LogP contribution in [0.1, 0.15) is 11.1 Å². The van der Waals surface area contributed by atoms with E-state index in [1.165, 1.54) is 12.2 Å². The molecule has 2 aromatic rings. The Kier molecular flexibility index (Phi) is 4.69. The second kappa shape index (κ2) is 6.49. The number of rotatable bonds is 4. The summed E-state index contributed by atoms with van der Waals surface area (Å²) >= 11 is 11.9. The molecule has 0 radical (unpaired) electrons. The van der Waals surface area contributed by atoms with Gasteiger partial charge in [-0.1, -0.05) is 47.5 Å². The molecule has 0 aromatic heterocycles. The van der Waals surface area contributed by atoms with Crippen LogP contribution in [0, 0.1) is 0 Å². The molecule has 6 heteroatoms. The highest BCUT2D eigenvalue weighted by Gasteiger charge is 2.34. The number of hydrogen-bond donors (Lipinski definition) is 0. The van der Waals surface area contributed by atoms with Crippen molar-refractivity contribution in [2.75, 3.05) is 0 Å². The van der Waals surface area contributed by atoms with Crippen molar-refractivity contribution in [3.63, 3.8) is 0 Å². The van der Waals surface area contributed by atoms with Crippen LogP contribution < -0.4 is 0 Å². The molecular formula is C15H8Cl2N2O2. The summed E-state index contributed by atoms with van der Waals surface area (Å²) in [6.45, 7) is 0. The van der Waals surface area contributed by atoms with Crippen molar-refractivity contribution in [1.82, 2.24) is 0 Å². The largest absolute Gasteiger partial charge is 0.238 e. The molecule has 0 unspecified atom stereocenters. The van der Waals surface area contributed by atoms with E-state index in [9.17, 15) is 9.59 Å². The normalized spacial score (nSPS) is 10.4. The van der Waals surface area contributed by atoms with Gasteiger partial charge in [0.05, 0.1) is 0 Å². The number of isocyanates is 2. The fourth-order valence-electron chi connectivity index (χ4n) is 1.99. The van der Waals surface area contributed by atoms with Gasteiger partial charge in [0.1, 0.15) is 0 Å². The lowest BCUT2D eigenvalue weighted by Crippen LogP contribution is -2.22. The van der Waals surface area contributed by atoms with Gasteiger partial charge in [0.25, 0.3) is 0 Å². The lowest BCUT2D eigenvalue weighted by molar-refractivity contribution is 0.516. The molecule has 4 nitrogen and oxygen atoms in total. The minimum absolute atomic E-state index is 0.418. The molecule has 104 valence electrons. The third kappa shape index (κ3) is 3.10. The minimum atomic E-state index is -1.60. The lowest BCUT2D eigenvalue weighted by atomic mass is 9.92. The number of carbonyl (C=O) groups excluding carboxylic acids is 2. The first kappa shape index (κ1) is 15.2. The number of benzene rings is 2. The standard InChI is InChI=1S/C15H8Cl2N2O2/c16-13-5-1-3-11(7-13)15(18-9-20,19-10-21)12-4-2-6-14(17)8-12/h1-8H. The average molecular weight is 319 g/mol. The first-order valence-electron chi connectivity index (χ1n) is 5.82. The summed E-state index contributed by atoms with van der Waals surface area (Å²) in [5, 5.41) is 0.835. The Morgan fingerprint density at radius 2 is 1.24 bits per heavy atom. The fraction of sp³-hybridized carbons (Fsp3) is 0.0667. The Bertz CT molecular complexity index is 698. The average Bonchev–Trinajstić information content (AvgIpc) is 2.47. The van der Waals surface area contributed by atoms with Crippen LogP contribution in [-0.4, -0.2) is 12.2 Å². The number of hydrogen-bond acceptors (Lipinski definition) is 4. The van der Waals surface area contributed by atoms with Crippen LogP contribution in [0.3, 0.4) is 0 Å². The second-order valence-corrected chi connectivity index (χ2v) is 4.97. The van der Waals surface area contributed by atoms with Crippen molar-refractivity contribution in [1.29, 1.82) is 0 Å². The summed E-state index contributed by atoms with van der Waals surface area (Å²) in [5.74, 6) is 0. The van der Waals surface area contributed by atoms with Crippen molar-refractivity contribution >= 4 is 35.4 Å². The Labute approximate surface area is 130 Å². The molecule has 0 N–H and O–H groups in total. The van der Waals surface area contributed by atoms with Crippen LogP contribution in [0.5, 0.6) is 0 Å². The molecule has 0 aliphatic rings. The first-order valence-corrected chi connectivity index (χ1v) is 6.58. The highest BCUT2D eigenvalue weighted by molar-refractivity contribution is 6.31.